The Balaban J connectivity index is 3.13. The SMILES string of the molecule is CC1(F)OC(F)(CC(=O)C(=O)F)C(C)(F)OC1(F)F. The molecule has 0 N–H and O–H groups in total. The third-order valence-corrected chi connectivity index (χ3v) is 2.47. The van der Waals surface area contributed by atoms with Crippen LogP contribution in [-0.4, -0.2) is 35.5 Å². The lowest BCUT2D eigenvalue weighted by Crippen LogP contribution is -2.67. The molecule has 3 unspecified atom stereocenters. The van der Waals surface area contributed by atoms with E-state index in [-0.39, 0.29) is 13.8 Å². The Kier molecular flexibility index (Phi) is 3.49. The van der Waals surface area contributed by atoms with Crippen molar-refractivity contribution in [3.8, 4) is 0 Å². The number of halogens is 6. The van der Waals surface area contributed by atoms with E-state index in [2.05, 4.69) is 9.47 Å². The van der Waals surface area contributed by atoms with Crippen LogP contribution in [0.1, 0.15) is 20.3 Å². The van der Waals surface area contributed by atoms with E-state index in [0.29, 0.717) is 0 Å². The van der Waals surface area contributed by atoms with Crippen LogP contribution in [0.25, 0.3) is 0 Å². The molecule has 1 fully saturated rings. The van der Waals surface area contributed by atoms with Gasteiger partial charge in [0.25, 0.3) is 11.7 Å². The Labute approximate surface area is 102 Å². The van der Waals surface area contributed by atoms with Crippen molar-refractivity contribution < 1.29 is 45.4 Å². The summed E-state index contributed by atoms with van der Waals surface area (Å²) in [7, 11) is 0. The van der Waals surface area contributed by atoms with Crippen LogP contribution >= 0.6 is 0 Å². The van der Waals surface area contributed by atoms with Crippen molar-refractivity contribution in [1.82, 2.24) is 0 Å². The van der Waals surface area contributed by atoms with Crippen LogP contribution < -0.4 is 0 Å². The Morgan fingerprint density at radius 3 is 1.84 bits per heavy atom. The smallest absolute Gasteiger partial charge is 0.296 e. The van der Waals surface area contributed by atoms with Gasteiger partial charge in [0.1, 0.15) is 0 Å². The fourth-order valence-corrected chi connectivity index (χ4v) is 1.33. The van der Waals surface area contributed by atoms with Crippen molar-refractivity contribution in [3.63, 3.8) is 0 Å². The van der Waals surface area contributed by atoms with Crippen LogP contribution in [0.3, 0.4) is 0 Å². The molecule has 0 amide bonds. The summed E-state index contributed by atoms with van der Waals surface area (Å²) in [6.07, 6.45) is -6.81. The Morgan fingerprint density at radius 2 is 1.42 bits per heavy atom. The van der Waals surface area contributed by atoms with E-state index in [1.807, 2.05) is 0 Å². The number of hydrogen-bond donors (Lipinski definition) is 0. The fraction of sp³-hybridized carbons (Fsp3) is 0.778. The van der Waals surface area contributed by atoms with E-state index >= 15 is 0 Å². The molecule has 0 aromatic rings. The van der Waals surface area contributed by atoms with Gasteiger partial charge in [-0.1, -0.05) is 0 Å². The maximum atomic E-state index is 14.0. The first-order valence-corrected chi connectivity index (χ1v) is 4.82. The Hall–Kier alpha value is -1.16. The van der Waals surface area contributed by atoms with E-state index in [1.54, 1.807) is 0 Å². The number of ketones is 1. The van der Waals surface area contributed by atoms with Gasteiger partial charge in [-0.05, 0) is 0 Å². The zero-order valence-electron chi connectivity index (χ0n) is 9.61. The first-order valence-electron chi connectivity index (χ1n) is 4.82. The van der Waals surface area contributed by atoms with Gasteiger partial charge in [-0.3, -0.25) is 19.1 Å². The number of ether oxygens (including phenoxy) is 2. The number of carbonyl (C=O) groups is 2. The molecule has 0 spiro atoms. The highest BCUT2D eigenvalue weighted by Gasteiger charge is 2.73. The van der Waals surface area contributed by atoms with Gasteiger partial charge in [-0.15, -0.1) is 0 Å². The Morgan fingerprint density at radius 1 is 0.947 bits per heavy atom. The maximum Gasteiger partial charge on any atom is 0.417 e. The molecule has 0 radical (unpaired) electrons. The van der Waals surface area contributed by atoms with E-state index < -0.39 is 41.9 Å². The second-order valence-electron chi connectivity index (χ2n) is 4.16. The molecule has 1 aliphatic rings. The van der Waals surface area contributed by atoms with Gasteiger partial charge in [-0.2, -0.15) is 13.2 Å². The second-order valence-corrected chi connectivity index (χ2v) is 4.16. The monoisotopic (exact) mass is 294 g/mol. The van der Waals surface area contributed by atoms with Gasteiger partial charge in [0, 0.05) is 13.8 Å². The summed E-state index contributed by atoms with van der Waals surface area (Å²) in [6, 6.07) is -2.66. The molecule has 10 heteroatoms. The molecule has 4 nitrogen and oxygen atoms in total. The highest BCUT2D eigenvalue weighted by atomic mass is 19.3. The molecule has 1 saturated heterocycles. The molecule has 1 aliphatic heterocycles. The van der Waals surface area contributed by atoms with Crippen molar-refractivity contribution in [2.75, 3.05) is 0 Å². The maximum absolute atomic E-state index is 14.0. The lowest BCUT2D eigenvalue weighted by molar-refractivity contribution is -0.530. The zero-order valence-corrected chi connectivity index (χ0v) is 9.61. The third kappa shape index (κ3) is 2.59. The predicted octanol–water partition coefficient (Wildman–Crippen LogP) is 2.12. The van der Waals surface area contributed by atoms with Crippen molar-refractivity contribution in [2.24, 2.45) is 0 Å². The summed E-state index contributed by atoms with van der Waals surface area (Å²) in [5.74, 6) is -14.3. The van der Waals surface area contributed by atoms with Gasteiger partial charge in [0.15, 0.2) is 0 Å². The molecule has 0 aromatic carbocycles. The molecule has 1 heterocycles. The summed E-state index contributed by atoms with van der Waals surface area (Å²) in [4.78, 5) is 20.7. The van der Waals surface area contributed by atoms with Crippen molar-refractivity contribution >= 4 is 11.8 Å². The Bertz CT molecular complexity index is 421. The molecule has 1 rings (SSSR count). The zero-order chi connectivity index (χ0) is 15.3. The van der Waals surface area contributed by atoms with Crippen LogP contribution in [0.2, 0.25) is 0 Å². The number of alkyl halides is 5. The summed E-state index contributed by atoms with van der Waals surface area (Å²) in [6.45, 7) is 0.116. The van der Waals surface area contributed by atoms with Crippen molar-refractivity contribution in [1.29, 1.82) is 0 Å². The molecule has 0 bridgehead atoms. The van der Waals surface area contributed by atoms with Crippen molar-refractivity contribution in [2.45, 2.75) is 43.9 Å². The number of Topliss-reactive ketones (excluding diaryl/α,β-unsaturated/α-hetero) is 1. The third-order valence-electron chi connectivity index (χ3n) is 2.47. The molecule has 0 saturated carbocycles. The quantitative estimate of drug-likeness (QED) is 0.454. The first-order chi connectivity index (χ1) is 8.24. The van der Waals surface area contributed by atoms with E-state index in [9.17, 15) is 35.9 Å². The minimum Gasteiger partial charge on any atom is -0.296 e. The van der Waals surface area contributed by atoms with Crippen LogP contribution in [-0.2, 0) is 19.1 Å². The van der Waals surface area contributed by atoms with Gasteiger partial charge in [-0.25, -0.2) is 13.2 Å². The molecular formula is C9H8F6O4. The summed E-state index contributed by atoms with van der Waals surface area (Å²) < 4.78 is 85.8. The predicted molar refractivity (Wildman–Crippen MR) is 45.7 cm³/mol. The fourth-order valence-electron chi connectivity index (χ4n) is 1.33. The highest BCUT2D eigenvalue weighted by Crippen LogP contribution is 2.52. The summed E-state index contributed by atoms with van der Waals surface area (Å²) in [5.41, 5.74) is 0. The highest BCUT2D eigenvalue weighted by molar-refractivity contribution is 6.33. The first kappa shape index (κ1) is 15.9. The molecular weight excluding hydrogens is 286 g/mol. The van der Waals surface area contributed by atoms with Crippen LogP contribution in [0.15, 0.2) is 0 Å². The summed E-state index contributed by atoms with van der Waals surface area (Å²) >= 11 is 0. The number of rotatable bonds is 3. The normalized spacial score (nSPS) is 41.9. The number of hydrogen-bond acceptors (Lipinski definition) is 4. The van der Waals surface area contributed by atoms with E-state index in [4.69, 9.17) is 0 Å². The lowest BCUT2D eigenvalue weighted by atomic mass is 10.0. The molecule has 3 atom stereocenters. The van der Waals surface area contributed by atoms with Crippen molar-refractivity contribution in [3.05, 3.63) is 0 Å². The lowest BCUT2D eigenvalue weighted by Gasteiger charge is -2.47. The van der Waals surface area contributed by atoms with Crippen LogP contribution in [0.5, 0.6) is 0 Å². The largest absolute Gasteiger partial charge is 0.417 e. The van der Waals surface area contributed by atoms with E-state index in [0.717, 1.165) is 0 Å². The molecule has 19 heavy (non-hydrogen) atoms. The average molecular weight is 294 g/mol. The standard InChI is InChI=1S/C9H8F6O4/c1-6(11)8(13,3-4(16)5(10)17)18-7(2,12)9(14,15)19-6/h3H2,1-2H3. The minimum atomic E-state index is -4.85. The van der Waals surface area contributed by atoms with Crippen LogP contribution in [0, 0.1) is 0 Å². The second kappa shape index (κ2) is 4.17. The van der Waals surface area contributed by atoms with Gasteiger partial charge in [0.2, 0.25) is 5.78 Å². The molecule has 0 aromatic heterocycles. The molecule has 0 aliphatic carbocycles. The topological polar surface area (TPSA) is 52.6 Å². The number of carbonyl (C=O) groups excluding carboxylic acids is 2. The van der Waals surface area contributed by atoms with E-state index in [1.165, 1.54) is 0 Å². The van der Waals surface area contributed by atoms with Crippen LogP contribution in [0.4, 0.5) is 26.3 Å². The minimum absolute atomic E-state index is 0.0261. The average Bonchev–Trinajstić information content (AvgIpc) is 2.12. The van der Waals surface area contributed by atoms with Gasteiger partial charge in [0.05, 0.1) is 6.42 Å². The molecule has 110 valence electrons. The van der Waals surface area contributed by atoms with Gasteiger partial charge >= 0.3 is 18.0 Å². The van der Waals surface area contributed by atoms with Gasteiger partial charge < -0.3 is 0 Å². The summed E-state index contributed by atoms with van der Waals surface area (Å²) in [5, 5.41) is 0.